The molecule has 0 bridgehead atoms. The molecule has 7 heteroatoms. The number of aryl methyl sites for hydroxylation is 2. The lowest BCUT2D eigenvalue weighted by atomic mass is 9.87. The van der Waals surface area contributed by atoms with E-state index in [-0.39, 0.29) is 23.7 Å². The maximum absolute atomic E-state index is 12.5. The minimum Gasteiger partial charge on any atom is -0.392 e. The third-order valence-corrected chi connectivity index (χ3v) is 6.26. The van der Waals surface area contributed by atoms with E-state index in [0.29, 0.717) is 11.9 Å². The van der Waals surface area contributed by atoms with Gasteiger partial charge in [-0.15, -0.1) is 5.10 Å². The first-order valence-electron chi connectivity index (χ1n) is 10.6. The minimum absolute atomic E-state index is 0.0515. The first-order valence-corrected chi connectivity index (χ1v) is 10.6. The van der Waals surface area contributed by atoms with E-state index < -0.39 is 0 Å². The Morgan fingerprint density at radius 2 is 1.79 bits per heavy atom. The summed E-state index contributed by atoms with van der Waals surface area (Å²) >= 11 is 0. The number of aliphatic hydroxyl groups is 1. The van der Waals surface area contributed by atoms with Crippen LogP contribution in [0.1, 0.15) is 68.8 Å². The molecule has 2 fully saturated rings. The second-order valence-corrected chi connectivity index (χ2v) is 8.44. The average molecular weight is 386 g/mol. The van der Waals surface area contributed by atoms with Gasteiger partial charge in [-0.05, 0) is 64.5 Å². The second kappa shape index (κ2) is 8.17. The van der Waals surface area contributed by atoms with Crippen LogP contribution in [0.4, 0.5) is 0 Å². The normalized spacial score (nSPS) is 28.4. The van der Waals surface area contributed by atoms with Crippen molar-refractivity contribution in [2.24, 2.45) is 0 Å². The van der Waals surface area contributed by atoms with Gasteiger partial charge in [-0.25, -0.2) is 9.36 Å². The zero-order valence-electron chi connectivity index (χ0n) is 16.8. The molecule has 0 aliphatic heterocycles. The molecule has 2 atom stereocenters. The molecule has 2 unspecified atom stereocenters. The van der Waals surface area contributed by atoms with E-state index >= 15 is 0 Å². The Balaban J connectivity index is 1.43. The minimum atomic E-state index is -0.215. The molecule has 2 aliphatic rings. The molecule has 152 valence electrons. The van der Waals surface area contributed by atoms with Crippen LogP contribution in [0.25, 0.3) is 5.82 Å². The van der Waals surface area contributed by atoms with E-state index in [9.17, 15) is 9.90 Å². The number of aliphatic hydroxyl groups excluding tert-OH is 1. The van der Waals surface area contributed by atoms with Crippen LogP contribution >= 0.6 is 0 Å². The monoisotopic (exact) mass is 385 g/mol. The predicted molar refractivity (Wildman–Crippen MR) is 108 cm³/mol. The maximum atomic E-state index is 12.5. The molecule has 0 aromatic carbocycles. The van der Waals surface area contributed by atoms with E-state index in [1.165, 1.54) is 6.42 Å². The lowest BCUT2D eigenvalue weighted by molar-refractivity contribution is 0.0795. The summed E-state index contributed by atoms with van der Waals surface area (Å²) in [6, 6.07) is 6.12. The van der Waals surface area contributed by atoms with Crippen molar-refractivity contribution < 1.29 is 5.11 Å². The highest BCUT2D eigenvalue weighted by Gasteiger charge is 2.29. The highest BCUT2D eigenvalue weighted by molar-refractivity contribution is 5.24. The lowest BCUT2D eigenvalue weighted by Gasteiger charge is -2.36. The first-order chi connectivity index (χ1) is 13.5. The van der Waals surface area contributed by atoms with Gasteiger partial charge in [0, 0.05) is 23.8 Å². The highest BCUT2D eigenvalue weighted by atomic mass is 16.3. The molecule has 0 spiro atoms. The summed E-state index contributed by atoms with van der Waals surface area (Å²) in [5.41, 5.74) is 1.90. The first kappa shape index (κ1) is 19.3. The number of nitrogens with one attached hydrogen (secondary N) is 1. The van der Waals surface area contributed by atoms with Crippen LogP contribution in [0.2, 0.25) is 0 Å². The lowest BCUT2D eigenvalue weighted by Crippen LogP contribution is -2.48. The Bertz CT molecular complexity index is 866. The van der Waals surface area contributed by atoms with E-state index in [2.05, 4.69) is 15.5 Å². The van der Waals surface area contributed by atoms with Crippen LogP contribution in [0.15, 0.2) is 23.0 Å². The van der Waals surface area contributed by atoms with Crippen molar-refractivity contribution in [2.75, 3.05) is 0 Å². The molecule has 4 rings (SSSR count). The standard InChI is InChI=1S/C21H31N5O2/c1-14-13-15(2)25(23-14)20-11-12-21(28)26(24-20)17-9-7-16(8-10-17)22-18-5-3-4-6-19(18)27/h11-13,16-19,22,27H,3-10H2,1-2H3. The molecule has 7 nitrogen and oxygen atoms in total. The van der Waals surface area contributed by atoms with Crippen molar-refractivity contribution in [2.45, 2.75) is 89.4 Å². The fourth-order valence-electron chi connectivity index (χ4n) is 4.75. The van der Waals surface area contributed by atoms with Crippen LogP contribution in [0.3, 0.4) is 0 Å². The number of aromatic nitrogens is 4. The van der Waals surface area contributed by atoms with Gasteiger partial charge in [-0.2, -0.15) is 5.10 Å². The molecule has 2 aliphatic carbocycles. The molecule has 2 heterocycles. The van der Waals surface area contributed by atoms with Crippen LogP contribution in [-0.2, 0) is 0 Å². The molecular formula is C21H31N5O2. The van der Waals surface area contributed by atoms with Crippen molar-refractivity contribution in [3.63, 3.8) is 0 Å². The Kier molecular flexibility index (Phi) is 5.64. The smallest absolute Gasteiger partial charge is 0.267 e. The second-order valence-electron chi connectivity index (χ2n) is 8.44. The quantitative estimate of drug-likeness (QED) is 0.844. The zero-order chi connectivity index (χ0) is 19.7. The van der Waals surface area contributed by atoms with E-state index in [4.69, 9.17) is 0 Å². The van der Waals surface area contributed by atoms with E-state index in [0.717, 1.165) is 56.3 Å². The zero-order valence-corrected chi connectivity index (χ0v) is 16.8. The van der Waals surface area contributed by atoms with Crippen LogP contribution < -0.4 is 10.9 Å². The number of rotatable bonds is 4. The van der Waals surface area contributed by atoms with Crippen molar-refractivity contribution in [1.29, 1.82) is 0 Å². The summed E-state index contributed by atoms with van der Waals surface area (Å²) < 4.78 is 3.44. The van der Waals surface area contributed by atoms with Gasteiger partial charge in [-0.1, -0.05) is 12.8 Å². The highest BCUT2D eigenvalue weighted by Crippen LogP contribution is 2.29. The van der Waals surface area contributed by atoms with Crippen molar-refractivity contribution in [3.05, 3.63) is 39.9 Å². The van der Waals surface area contributed by atoms with Gasteiger partial charge < -0.3 is 10.4 Å². The largest absolute Gasteiger partial charge is 0.392 e. The SMILES string of the molecule is Cc1cc(C)n(-c2ccc(=O)n(C3CCC(NC4CCCCC4O)CC3)n2)n1. The molecule has 2 N–H and O–H groups in total. The summed E-state index contributed by atoms with van der Waals surface area (Å²) in [6.45, 7) is 3.95. The van der Waals surface area contributed by atoms with Crippen molar-refractivity contribution in [3.8, 4) is 5.82 Å². The van der Waals surface area contributed by atoms with E-state index in [1.54, 1.807) is 21.5 Å². The molecule has 2 saturated carbocycles. The van der Waals surface area contributed by atoms with Gasteiger partial charge >= 0.3 is 0 Å². The Labute approximate surface area is 165 Å². The average Bonchev–Trinajstić information content (AvgIpc) is 3.03. The summed E-state index contributed by atoms with van der Waals surface area (Å²) in [5, 5.41) is 23.0. The number of nitrogens with zero attached hydrogens (tertiary/aromatic N) is 4. The van der Waals surface area contributed by atoms with Gasteiger partial charge in [0.2, 0.25) is 0 Å². The molecule has 0 amide bonds. The molecular weight excluding hydrogens is 354 g/mol. The fraction of sp³-hybridized carbons (Fsp3) is 0.667. The third-order valence-electron chi connectivity index (χ3n) is 6.26. The summed E-state index contributed by atoms with van der Waals surface area (Å²) in [5.74, 6) is 0.691. The fourth-order valence-corrected chi connectivity index (χ4v) is 4.75. The van der Waals surface area contributed by atoms with Gasteiger partial charge in [0.1, 0.15) is 0 Å². The van der Waals surface area contributed by atoms with Gasteiger partial charge in [0.05, 0.1) is 17.8 Å². The van der Waals surface area contributed by atoms with Crippen molar-refractivity contribution >= 4 is 0 Å². The topological polar surface area (TPSA) is 85.0 Å². The molecule has 0 saturated heterocycles. The maximum Gasteiger partial charge on any atom is 0.267 e. The third kappa shape index (κ3) is 4.05. The summed E-state index contributed by atoms with van der Waals surface area (Å²) in [7, 11) is 0. The summed E-state index contributed by atoms with van der Waals surface area (Å²) in [6.07, 6.45) is 7.95. The predicted octanol–water partition coefficient (Wildman–Crippen LogP) is 2.42. The van der Waals surface area contributed by atoms with Crippen LogP contribution in [0, 0.1) is 13.8 Å². The van der Waals surface area contributed by atoms with Gasteiger partial charge in [0.15, 0.2) is 5.82 Å². The Hall–Kier alpha value is -1.99. The van der Waals surface area contributed by atoms with Crippen LogP contribution in [0.5, 0.6) is 0 Å². The number of hydrogen-bond acceptors (Lipinski definition) is 5. The summed E-state index contributed by atoms with van der Waals surface area (Å²) in [4.78, 5) is 12.5. The van der Waals surface area contributed by atoms with Gasteiger partial charge in [-0.3, -0.25) is 4.79 Å². The molecule has 2 aromatic heterocycles. The Morgan fingerprint density at radius 1 is 1.04 bits per heavy atom. The van der Waals surface area contributed by atoms with E-state index in [1.807, 2.05) is 19.9 Å². The van der Waals surface area contributed by atoms with Crippen molar-refractivity contribution in [1.82, 2.24) is 24.9 Å². The van der Waals surface area contributed by atoms with Gasteiger partial charge in [0.25, 0.3) is 5.56 Å². The molecule has 2 aromatic rings. The Morgan fingerprint density at radius 3 is 2.46 bits per heavy atom. The number of hydrogen-bond donors (Lipinski definition) is 2. The van der Waals surface area contributed by atoms with Crippen LogP contribution in [-0.4, -0.2) is 42.9 Å². The molecule has 0 radical (unpaired) electrons. The molecule has 28 heavy (non-hydrogen) atoms.